The molecule has 1 atom stereocenters. The van der Waals surface area contributed by atoms with Crippen molar-refractivity contribution in [2.75, 3.05) is 0 Å². The SMILES string of the molecule is C1=CNC2C(=C1)C=CC1=C2CC=CC1. The number of hydrogen-bond acceptors (Lipinski definition) is 1. The second-order valence-electron chi connectivity index (χ2n) is 3.89. The van der Waals surface area contributed by atoms with Gasteiger partial charge < -0.3 is 5.32 Å². The van der Waals surface area contributed by atoms with Crippen LogP contribution in [0.2, 0.25) is 0 Å². The molecule has 0 spiro atoms. The van der Waals surface area contributed by atoms with E-state index in [1.54, 1.807) is 5.57 Å². The van der Waals surface area contributed by atoms with Gasteiger partial charge in [-0.25, -0.2) is 0 Å². The highest BCUT2D eigenvalue weighted by atomic mass is 14.9. The Morgan fingerprint density at radius 1 is 1.14 bits per heavy atom. The zero-order valence-electron chi connectivity index (χ0n) is 8.03. The molecular formula is C13H13N. The molecule has 0 amide bonds. The molecule has 70 valence electrons. The Bertz CT molecular complexity index is 405. The minimum absolute atomic E-state index is 0.435. The number of nitrogens with one attached hydrogen (secondary N) is 1. The molecule has 0 aromatic carbocycles. The summed E-state index contributed by atoms with van der Waals surface area (Å²) in [5, 5.41) is 3.43. The van der Waals surface area contributed by atoms with Crippen LogP contribution in [0.15, 0.2) is 59.4 Å². The van der Waals surface area contributed by atoms with Gasteiger partial charge in [-0.1, -0.05) is 30.4 Å². The standard InChI is InChI=1S/C13H13N/c1-2-6-12-10(4-1)7-8-11-5-3-9-14-13(11)12/h1-3,5,7-9,13-14H,4,6H2. The summed E-state index contributed by atoms with van der Waals surface area (Å²) < 4.78 is 0. The van der Waals surface area contributed by atoms with Gasteiger partial charge in [0.2, 0.25) is 0 Å². The average molecular weight is 183 g/mol. The van der Waals surface area contributed by atoms with Gasteiger partial charge in [0.25, 0.3) is 0 Å². The minimum Gasteiger partial charge on any atom is -0.380 e. The Balaban J connectivity index is 2.02. The van der Waals surface area contributed by atoms with Gasteiger partial charge in [-0.05, 0) is 41.8 Å². The quantitative estimate of drug-likeness (QED) is 0.569. The molecule has 0 saturated carbocycles. The molecule has 1 N–H and O–H groups in total. The molecule has 1 aliphatic heterocycles. The Morgan fingerprint density at radius 2 is 2.07 bits per heavy atom. The molecule has 14 heavy (non-hydrogen) atoms. The summed E-state index contributed by atoms with van der Waals surface area (Å²) in [7, 11) is 0. The Hall–Kier alpha value is -1.50. The predicted molar refractivity (Wildman–Crippen MR) is 58.7 cm³/mol. The van der Waals surface area contributed by atoms with Crippen LogP contribution in [-0.4, -0.2) is 6.04 Å². The third kappa shape index (κ3) is 1.09. The van der Waals surface area contributed by atoms with E-state index in [9.17, 15) is 0 Å². The molecule has 1 heterocycles. The number of allylic oxidation sites excluding steroid dienone is 6. The third-order valence-corrected chi connectivity index (χ3v) is 3.06. The number of fused-ring (bicyclic) bond motifs is 2. The molecule has 0 radical (unpaired) electrons. The fraction of sp³-hybridized carbons (Fsp3) is 0.231. The molecule has 0 fully saturated rings. The van der Waals surface area contributed by atoms with Gasteiger partial charge in [0, 0.05) is 0 Å². The zero-order valence-corrected chi connectivity index (χ0v) is 8.03. The molecule has 3 rings (SSSR count). The van der Waals surface area contributed by atoms with Crippen LogP contribution in [0.5, 0.6) is 0 Å². The van der Waals surface area contributed by atoms with E-state index in [1.807, 2.05) is 6.20 Å². The van der Waals surface area contributed by atoms with Crippen molar-refractivity contribution in [2.45, 2.75) is 18.9 Å². The molecule has 1 nitrogen and oxygen atoms in total. The van der Waals surface area contributed by atoms with Gasteiger partial charge in [0.05, 0.1) is 6.04 Å². The number of rotatable bonds is 0. The monoisotopic (exact) mass is 183 g/mol. The summed E-state index contributed by atoms with van der Waals surface area (Å²) in [6, 6.07) is 0.435. The smallest absolute Gasteiger partial charge is 0.0731 e. The van der Waals surface area contributed by atoms with Gasteiger partial charge in [0.1, 0.15) is 0 Å². The Kier molecular flexibility index (Phi) is 1.69. The van der Waals surface area contributed by atoms with Crippen molar-refractivity contribution < 1.29 is 0 Å². The Morgan fingerprint density at radius 3 is 3.07 bits per heavy atom. The summed E-state index contributed by atoms with van der Waals surface area (Å²) in [4.78, 5) is 0. The first-order valence-corrected chi connectivity index (χ1v) is 5.13. The van der Waals surface area contributed by atoms with E-state index >= 15 is 0 Å². The summed E-state index contributed by atoms with van der Waals surface area (Å²) in [5.74, 6) is 0. The highest BCUT2D eigenvalue weighted by Gasteiger charge is 2.23. The van der Waals surface area contributed by atoms with Crippen LogP contribution in [0.1, 0.15) is 12.8 Å². The van der Waals surface area contributed by atoms with Gasteiger partial charge >= 0.3 is 0 Å². The lowest BCUT2D eigenvalue weighted by Crippen LogP contribution is -2.32. The summed E-state index contributed by atoms with van der Waals surface area (Å²) in [6.45, 7) is 0. The summed E-state index contributed by atoms with van der Waals surface area (Å²) >= 11 is 0. The molecule has 0 saturated heterocycles. The second kappa shape index (κ2) is 3.02. The van der Waals surface area contributed by atoms with Crippen LogP contribution < -0.4 is 5.32 Å². The van der Waals surface area contributed by atoms with E-state index in [0.29, 0.717) is 6.04 Å². The van der Waals surface area contributed by atoms with Gasteiger partial charge in [0.15, 0.2) is 0 Å². The van der Waals surface area contributed by atoms with Crippen LogP contribution in [0.25, 0.3) is 0 Å². The fourth-order valence-corrected chi connectivity index (χ4v) is 2.31. The van der Waals surface area contributed by atoms with E-state index in [1.165, 1.54) is 11.1 Å². The largest absolute Gasteiger partial charge is 0.380 e. The topological polar surface area (TPSA) is 12.0 Å². The molecule has 1 heteroatoms. The lowest BCUT2D eigenvalue weighted by molar-refractivity contribution is 0.719. The van der Waals surface area contributed by atoms with Gasteiger partial charge in [-0.2, -0.15) is 0 Å². The van der Waals surface area contributed by atoms with Crippen molar-refractivity contribution in [3.8, 4) is 0 Å². The maximum atomic E-state index is 3.43. The highest BCUT2D eigenvalue weighted by molar-refractivity contribution is 5.51. The average Bonchev–Trinajstić information content (AvgIpc) is 2.29. The summed E-state index contributed by atoms with van der Waals surface area (Å²) in [6.07, 6.45) is 17.5. The normalized spacial score (nSPS) is 28.0. The maximum absolute atomic E-state index is 3.43. The summed E-state index contributed by atoms with van der Waals surface area (Å²) in [5.41, 5.74) is 4.43. The lowest BCUT2D eigenvalue weighted by Gasteiger charge is -2.30. The molecule has 0 bridgehead atoms. The molecule has 3 aliphatic rings. The van der Waals surface area contributed by atoms with Crippen LogP contribution in [0, 0.1) is 0 Å². The van der Waals surface area contributed by atoms with Crippen LogP contribution >= 0.6 is 0 Å². The number of hydrogen-bond donors (Lipinski definition) is 1. The first kappa shape index (κ1) is 7.86. The van der Waals surface area contributed by atoms with Crippen LogP contribution in [0.4, 0.5) is 0 Å². The zero-order chi connectivity index (χ0) is 9.38. The van der Waals surface area contributed by atoms with Crippen molar-refractivity contribution in [2.24, 2.45) is 0 Å². The molecule has 2 aliphatic carbocycles. The molecular weight excluding hydrogens is 170 g/mol. The third-order valence-electron chi connectivity index (χ3n) is 3.06. The fourth-order valence-electron chi connectivity index (χ4n) is 2.31. The van der Waals surface area contributed by atoms with E-state index in [2.05, 4.69) is 41.8 Å². The molecule has 0 aromatic heterocycles. The minimum atomic E-state index is 0.435. The second-order valence-corrected chi connectivity index (χ2v) is 3.89. The van der Waals surface area contributed by atoms with E-state index in [4.69, 9.17) is 0 Å². The predicted octanol–water partition coefficient (Wildman–Crippen LogP) is 2.61. The Labute approximate surface area is 84.2 Å². The van der Waals surface area contributed by atoms with E-state index < -0.39 is 0 Å². The van der Waals surface area contributed by atoms with Crippen molar-refractivity contribution >= 4 is 0 Å². The van der Waals surface area contributed by atoms with Crippen molar-refractivity contribution in [1.29, 1.82) is 0 Å². The van der Waals surface area contributed by atoms with Crippen molar-refractivity contribution in [1.82, 2.24) is 5.32 Å². The first-order chi connectivity index (χ1) is 6.95. The molecule has 0 aromatic rings. The van der Waals surface area contributed by atoms with Gasteiger partial charge in [-0.3, -0.25) is 0 Å². The highest BCUT2D eigenvalue weighted by Crippen LogP contribution is 2.32. The van der Waals surface area contributed by atoms with Crippen molar-refractivity contribution in [3.63, 3.8) is 0 Å². The van der Waals surface area contributed by atoms with Crippen molar-refractivity contribution in [3.05, 3.63) is 59.4 Å². The first-order valence-electron chi connectivity index (χ1n) is 5.13. The number of dihydropyridines is 1. The maximum Gasteiger partial charge on any atom is 0.0731 e. The molecule has 1 unspecified atom stereocenters. The van der Waals surface area contributed by atoms with Crippen LogP contribution in [0.3, 0.4) is 0 Å². The van der Waals surface area contributed by atoms with Gasteiger partial charge in [-0.15, -0.1) is 0 Å². The lowest BCUT2D eigenvalue weighted by atomic mass is 9.82. The van der Waals surface area contributed by atoms with E-state index in [-0.39, 0.29) is 0 Å². The van der Waals surface area contributed by atoms with Crippen LogP contribution in [-0.2, 0) is 0 Å². The van der Waals surface area contributed by atoms with E-state index in [0.717, 1.165) is 12.8 Å².